The van der Waals surface area contributed by atoms with Gasteiger partial charge in [0.25, 0.3) is 5.91 Å². The number of carbonyl (C=O) groups excluding carboxylic acids is 3. The van der Waals surface area contributed by atoms with E-state index in [1.807, 2.05) is 20.8 Å². The van der Waals surface area contributed by atoms with Crippen LogP contribution in [0.5, 0.6) is 0 Å². The van der Waals surface area contributed by atoms with Gasteiger partial charge in [0.1, 0.15) is 6.04 Å². The van der Waals surface area contributed by atoms with Crippen LogP contribution < -0.4 is 20.3 Å². The Kier molecular flexibility index (Phi) is 14.7. The van der Waals surface area contributed by atoms with Gasteiger partial charge in [-0.05, 0) is 68.0 Å². The predicted octanol–water partition coefficient (Wildman–Crippen LogP) is 3.30. The number of anilines is 1. The summed E-state index contributed by atoms with van der Waals surface area (Å²) in [6.45, 7) is 9.11. The Morgan fingerprint density at radius 3 is 2.13 bits per heavy atom. The number of sulfonamides is 1. The quantitative estimate of drug-likeness (QED) is 0.161. The number of hydrogen-bond donors (Lipinski definition) is 5. The minimum absolute atomic E-state index is 0.00114. The van der Waals surface area contributed by atoms with Crippen molar-refractivity contribution in [2.24, 2.45) is 11.8 Å². The number of aliphatic hydroxyl groups is 1. The lowest BCUT2D eigenvalue weighted by molar-refractivity contribution is -0.131. The molecule has 0 spiro atoms. The number of rotatable bonds is 18. The molecule has 0 unspecified atom stereocenters. The highest BCUT2D eigenvalue weighted by Gasteiger charge is 2.28. The molecule has 2 aromatic rings. The van der Waals surface area contributed by atoms with E-state index in [1.165, 1.54) is 36.5 Å². The SMILES string of the molecule is CCCCS(=O)(=O)N(C)c1cccc(C(=O)N[C@@H](CC(C)C)[C@@H](O)C[C@@H](C)C(=O)N[C@@H](C)C(=O)NCc2ccc(C(=O)O)cc2)c1. The van der Waals surface area contributed by atoms with E-state index in [1.54, 1.807) is 37.3 Å². The number of amides is 3. The van der Waals surface area contributed by atoms with Crippen LogP contribution in [0, 0.1) is 11.8 Å². The fraction of sp³-hybridized carbons (Fsp3) is 0.515. The number of carboxylic acids is 1. The first-order valence-electron chi connectivity index (χ1n) is 15.5. The molecule has 0 fully saturated rings. The van der Waals surface area contributed by atoms with Crippen molar-refractivity contribution in [1.29, 1.82) is 0 Å². The molecule has 0 saturated carbocycles. The molecule has 0 heterocycles. The lowest BCUT2D eigenvalue weighted by Crippen LogP contribution is -2.48. The lowest BCUT2D eigenvalue weighted by Gasteiger charge is -2.28. The molecule has 13 heteroatoms. The van der Waals surface area contributed by atoms with Crippen molar-refractivity contribution < 1.29 is 37.8 Å². The summed E-state index contributed by atoms with van der Waals surface area (Å²) in [7, 11) is -2.10. The van der Waals surface area contributed by atoms with Crippen molar-refractivity contribution in [3.8, 4) is 0 Å². The smallest absolute Gasteiger partial charge is 0.335 e. The van der Waals surface area contributed by atoms with Crippen molar-refractivity contribution >= 4 is 39.4 Å². The third-order valence-electron chi connectivity index (χ3n) is 7.61. The van der Waals surface area contributed by atoms with E-state index < -0.39 is 57.8 Å². The maximum Gasteiger partial charge on any atom is 0.335 e. The monoisotopic (exact) mass is 660 g/mol. The van der Waals surface area contributed by atoms with Gasteiger partial charge in [0, 0.05) is 25.1 Å². The van der Waals surface area contributed by atoms with Crippen LogP contribution in [0.3, 0.4) is 0 Å². The van der Waals surface area contributed by atoms with Gasteiger partial charge >= 0.3 is 5.97 Å². The summed E-state index contributed by atoms with van der Waals surface area (Å²) in [5, 5.41) is 28.3. The average Bonchev–Trinajstić information content (AvgIpc) is 3.01. The van der Waals surface area contributed by atoms with Gasteiger partial charge < -0.3 is 26.2 Å². The first kappa shape index (κ1) is 38.2. The molecule has 0 aliphatic rings. The van der Waals surface area contributed by atoms with E-state index in [4.69, 9.17) is 5.11 Å². The van der Waals surface area contributed by atoms with Gasteiger partial charge in [-0.15, -0.1) is 0 Å². The second kappa shape index (κ2) is 17.7. The number of aliphatic hydroxyl groups excluding tert-OH is 1. The molecule has 2 rings (SSSR count). The van der Waals surface area contributed by atoms with E-state index in [2.05, 4.69) is 16.0 Å². The average molecular weight is 661 g/mol. The first-order chi connectivity index (χ1) is 21.5. The van der Waals surface area contributed by atoms with Gasteiger partial charge in [-0.1, -0.05) is 52.3 Å². The van der Waals surface area contributed by atoms with Gasteiger partial charge in [0.15, 0.2) is 0 Å². The minimum atomic E-state index is -3.55. The summed E-state index contributed by atoms with van der Waals surface area (Å²) in [4.78, 5) is 49.7. The Labute approximate surface area is 272 Å². The van der Waals surface area contributed by atoms with Crippen LogP contribution >= 0.6 is 0 Å². The lowest BCUT2D eigenvalue weighted by atomic mass is 9.92. The number of nitrogens with zero attached hydrogens (tertiary/aromatic N) is 1. The van der Waals surface area contributed by atoms with Gasteiger partial charge in [-0.2, -0.15) is 0 Å². The molecule has 0 saturated heterocycles. The van der Waals surface area contributed by atoms with Crippen molar-refractivity contribution in [3.63, 3.8) is 0 Å². The summed E-state index contributed by atoms with van der Waals surface area (Å²) >= 11 is 0. The molecule has 0 aliphatic carbocycles. The van der Waals surface area contributed by atoms with Crippen LogP contribution in [-0.4, -0.2) is 73.3 Å². The highest BCUT2D eigenvalue weighted by atomic mass is 32.2. The van der Waals surface area contributed by atoms with Crippen molar-refractivity contribution in [3.05, 3.63) is 65.2 Å². The van der Waals surface area contributed by atoms with Crippen LogP contribution in [0.25, 0.3) is 0 Å². The maximum absolute atomic E-state index is 13.2. The van der Waals surface area contributed by atoms with E-state index >= 15 is 0 Å². The molecule has 5 N–H and O–H groups in total. The first-order valence-corrected chi connectivity index (χ1v) is 17.1. The minimum Gasteiger partial charge on any atom is -0.478 e. The number of hydrogen-bond acceptors (Lipinski definition) is 7. The van der Waals surface area contributed by atoms with Crippen LogP contribution in [0.15, 0.2) is 48.5 Å². The third kappa shape index (κ3) is 11.8. The van der Waals surface area contributed by atoms with Gasteiger partial charge in [0.2, 0.25) is 21.8 Å². The van der Waals surface area contributed by atoms with Gasteiger partial charge in [-0.25, -0.2) is 13.2 Å². The number of nitrogens with one attached hydrogen (secondary N) is 3. The zero-order valence-electron chi connectivity index (χ0n) is 27.4. The molecule has 3 amide bonds. The second-order valence-electron chi connectivity index (χ2n) is 12.1. The Balaban J connectivity index is 2.00. The maximum atomic E-state index is 13.2. The molecular formula is C33H48N4O8S. The summed E-state index contributed by atoms with van der Waals surface area (Å²) in [6, 6.07) is 10.8. The van der Waals surface area contributed by atoms with Gasteiger partial charge in [0.05, 0.1) is 29.1 Å². The van der Waals surface area contributed by atoms with E-state index in [-0.39, 0.29) is 35.8 Å². The van der Waals surface area contributed by atoms with Crippen molar-refractivity contribution in [1.82, 2.24) is 16.0 Å². The normalized spacial score (nSPS) is 14.1. The predicted molar refractivity (Wildman–Crippen MR) is 177 cm³/mol. The third-order valence-corrected chi connectivity index (χ3v) is 9.46. The Morgan fingerprint density at radius 1 is 0.891 bits per heavy atom. The molecule has 0 bridgehead atoms. The highest BCUT2D eigenvalue weighted by molar-refractivity contribution is 7.92. The molecule has 2 aromatic carbocycles. The molecule has 0 aromatic heterocycles. The molecule has 12 nitrogen and oxygen atoms in total. The van der Waals surface area contributed by atoms with Crippen molar-refractivity contribution in [2.75, 3.05) is 17.1 Å². The Morgan fingerprint density at radius 2 is 1.54 bits per heavy atom. The topological polar surface area (TPSA) is 182 Å². The summed E-state index contributed by atoms with van der Waals surface area (Å²) in [6.07, 6.45) is 0.629. The highest BCUT2D eigenvalue weighted by Crippen LogP contribution is 2.21. The Bertz CT molecular complexity index is 1450. The van der Waals surface area contributed by atoms with Crippen molar-refractivity contribution in [2.45, 2.75) is 85.0 Å². The second-order valence-corrected chi connectivity index (χ2v) is 14.2. The summed E-state index contributed by atoms with van der Waals surface area (Å²) < 4.78 is 26.5. The zero-order valence-corrected chi connectivity index (χ0v) is 28.3. The molecule has 46 heavy (non-hydrogen) atoms. The number of aromatic carboxylic acids is 1. The number of unbranched alkanes of at least 4 members (excludes halogenated alkanes) is 1. The van der Waals surface area contributed by atoms with Gasteiger partial charge in [-0.3, -0.25) is 18.7 Å². The molecule has 254 valence electrons. The van der Waals surface area contributed by atoms with E-state index in [9.17, 15) is 32.7 Å². The van der Waals surface area contributed by atoms with E-state index in [0.29, 0.717) is 24.1 Å². The number of carboxylic acid groups (broad SMARTS) is 1. The largest absolute Gasteiger partial charge is 0.478 e. The fourth-order valence-corrected chi connectivity index (χ4v) is 6.06. The Hall–Kier alpha value is -3.97. The van der Waals surface area contributed by atoms with Crippen LogP contribution in [0.2, 0.25) is 0 Å². The zero-order chi connectivity index (χ0) is 34.6. The van der Waals surface area contributed by atoms with E-state index in [0.717, 1.165) is 6.42 Å². The number of carbonyl (C=O) groups is 4. The standard InChI is InChI=1S/C33H48N4O8S/c1-7-8-16-46(44,45)37(6)27-11-9-10-26(19-27)32(41)36-28(17-21(2)3)29(38)18-22(4)30(39)35-23(5)31(40)34-20-24-12-14-25(15-13-24)33(42)43/h9-15,19,21-23,28-29,38H,7-8,16-18,20H2,1-6H3,(H,34,40)(H,35,39)(H,36,41)(H,42,43)/t22-,23+,28+,29+/m1/s1. The molecule has 4 atom stereocenters. The molecule has 0 aliphatic heterocycles. The van der Waals surface area contributed by atoms with Crippen LogP contribution in [-0.2, 0) is 26.2 Å². The van der Waals surface area contributed by atoms with Crippen LogP contribution in [0.1, 0.15) is 86.6 Å². The molecule has 0 radical (unpaired) electrons. The summed E-state index contributed by atoms with van der Waals surface area (Å²) in [5.74, 6) is -2.99. The fourth-order valence-electron chi connectivity index (χ4n) is 4.70. The summed E-state index contributed by atoms with van der Waals surface area (Å²) in [5.41, 5.74) is 1.42. The molecular weight excluding hydrogens is 612 g/mol. The number of benzene rings is 2. The van der Waals surface area contributed by atoms with Crippen LogP contribution in [0.4, 0.5) is 5.69 Å².